The maximum absolute atomic E-state index is 6.70. The van der Waals surface area contributed by atoms with Crippen molar-refractivity contribution in [3.8, 4) is 0 Å². The highest BCUT2D eigenvalue weighted by atomic mass is 35.5. The van der Waals surface area contributed by atoms with Crippen molar-refractivity contribution in [2.24, 2.45) is 0 Å². The summed E-state index contributed by atoms with van der Waals surface area (Å²) in [6.07, 6.45) is 5.65. The Hall–Kier alpha value is -0.340. The van der Waals surface area contributed by atoms with Gasteiger partial charge in [0.1, 0.15) is 0 Å². The Morgan fingerprint density at radius 3 is 2.13 bits per heavy atom. The lowest BCUT2D eigenvalue weighted by molar-refractivity contribution is 0.636. The third-order valence-electron chi connectivity index (χ3n) is 5.95. The average Bonchev–Trinajstić information content (AvgIpc) is 2.72. The minimum Gasteiger partial charge on any atom is -0.162 e. The molecule has 0 bridgehead atoms. The van der Waals surface area contributed by atoms with E-state index in [4.69, 9.17) is 34.8 Å². The molecule has 2 aromatic rings. The van der Waals surface area contributed by atoms with Crippen molar-refractivity contribution in [1.29, 1.82) is 0 Å². The van der Waals surface area contributed by atoms with Crippen LogP contribution in [0.2, 0.25) is 10.0 Å². The monoisotopic (exact) mass is 484 g/mol. The van der Waals surface area contributed by atoms with Gasteiger partial charge >= 0.3 is 0 Å². The fourth-order valence-corrected chi connectivity index (χ4v) is 5.59. The van der Waals surface area contributed by atoms with Crippen LogP contribution in [0.4, 0.5) is 0 Å². The smallest absolute Gasteiger partial charge is 0.0458 e. The van der Waals surface area contributed by atoms with Gasteiger partial charge in [0, 0.05) is 21.3 Å². The van der Waals surface area contributed by atoms with Gasteiger partial charge in [0.05, 0.1) is 0 Å². The first-order chi connectivity index (χ1) is 14.3. The molecule has 0 N–H and O–H groups in total. The second-order valence-corrected chi connectivity index (χ2v) is 11.1. The SMILES string of the molecule is CCSCCCCc1ccc(C(C)(C)c2cc(Cl)c(C(C)CCCCl)c(Cl)c2)cc1. The van der Waals surface area contributed by atoms with Crippen LogP contribution in [-0.4, -0.2) is 17.4 Å². The first kappa shape index (κ1) is 25.9. The zero-order valence-corrected chi connectivity index (χ0v) is 21.8. The van der Waals surface area contributed by atoms with Gasteiger partial charge in [-0.2, -0.15) is 11.8 Å². The van der Waals surface area contributed by atoms with Crippen molar-refractivity contribution in [1.82, 2.24) is 0 Å². The molecule has 0 amide bonds. The van der Waals surface area contributed by atoms with E-state index >= 15 is 0 Å². The van der Waals surface area contributed by atoms with Crippen molar-refractivity contribution in [2.75, 3.05) is 17.4 Å². The molecule has 0 aromatic heterocycles. The predicted molar refractivity (Wildman–Crippen MR) is 139 cm³/mol. The first-order valence-electron chi connectivity index (χ1n) is 11.0. The van der Waals surface area contributed by atoms with Gasteiger partial charge < -0.3 is 0 Å². The molecule has 166 valence electrons. The molecule has 1 unspecified atom stereocenters. The summed E-state index contributed by atoms with van der Waals surface area (Å²) in [5, 5.41) is 1.52. The van der Waals surface area contributed by atoms with E-state index in [9.17, 15) is 0 Å². The van der Waals surface area contributed by atoms with Gasteiger partial charge in [-0.15, -0.1) is 11.6 Å². The average molecular weight is 486 g/mol. The second kappa shape index (κ2) is 12.6. The van der Waals surface area contributed by atoms with Crippen LogP contribution in [0.15, 0.2) is 36.4 Å². The highest BCUT2D eigenvalue weighted by Gasteiger charge is 2.26. The number of alkyl halides is 1. The Kier molecular flexibility index (Phi) is 10.9. The van der Waals surface area contributed by atoms with Gasteiger partial charge in [0.2, 0.25) is 0 Å². The van der Waals surface area contributed by atoms with Crippen LogP contribution >= 0.6 is 46.6 Å². The number of aryl methyl sites for hydroxylation is 1. The number of rotatable bonds is 12. The van der Waals surface area contributed by atoms with Gasteiger partial charge in [0.25, 0.3) is 0 Å². The highest BCUT2D eigenvalue weighted by molar-refractivity contribution is 7.99. The first-order valence-corrected chi connectivity index (χ1v) is 13.5. The summed E-state index contributed by atoms with van der Waals surface area (Å²) in [7, 11) is 0. The van der Waals surface area contributed by atoms with Crippen LogP contribution in [-0.2, 0) is 11.8 Å². The molecule has 0 spiro atoms. The number of benzene rings is 2. The van der Waals surface area contributed by atoms with E-state index in [-0.39, 0.29) is 5.41 Å². The normalized spacial score (nSPS) is 12.9. The van der Waals surface area contributed by atoms with Crippen LogP contribution in [0.5, 0.6) is 0 Å². The van der Waals surface area contributed by atoms with Crippen molar-refractivity contribution < 1.29 is 0 Å². The van der Waals surface area contributed by atoms with E-state index in [1.807, 2.05) is 11.8 Å². The molecule has 0 saturated carbocycles. The van der Waals surface area contributed by atoms with Crippen LogP contribution in [0, 0.1) is 0 Å². The Balaban J connectivity index is 2.14. The van der Waals surface area contributed by atoms with Crippen LogP contribution in [0.3, 0.4) is 0 Å². The van der Waals surface area contributed by atoms with Crippen LogP contribution in [0.1, 0.15) is 81.5 Å². The number of hydrogen-bond acceptors (Lipinski definition) is 1. The summed E-state index contributed by atoms with van der Waals surface area (Å²) in [6, 6.07) is 13.3. The Morgan fingerprint density at radius 1 is 0.933 bits per heavy atom. The maximum atomic E-state index is 6.70. The van der Waals surface area contributed by atoms with E-state index in [0.717, 1.165) is 40.4 Å². The summed E-state index contributed by atoms with van der Waals surface area (Å²) in [5.41, 5.74) is 4.72. The summed E-state index contributed by atoms with van der Waals surface area (Å²) in [4.78, 5) is 0. The molecule has 4 heteroatoms. The maximum Gasteiger partial charge on any atom is 0.0458 e. The topological polar surface area (TPSA) is 0 Å². The molecule has 0 heterocycles. The molecule has 0 nitrogen and oxygen atoms in total. The third-order valence-corrected chi connectivity index (χ3v) is 7.83. The quantitative estimate of drug-likeness (QED) is 0.213. The van der Waals surface area contributed by atoms with E-state index < -0.39 is 0 Å². The summed E-state index contributed by atoms with van der Waals surface area (Å²) in [6.45, 7) is 8.87. The Labute approximate surface area is 203 Å². The molecular formula is C26H35Cl3S. The largest absolute Gasteiger partial charge is 0.162 e. The highest BCUT2D eigenvalue weighted by Crippen LogP contribution is 2.40. The van der Waals surface area contributed by atoms with Crippen molar-refractivity contribution >= 4 is 46.6 Å². The molecule has 2 rings (SSSR count). The Morgan fingerprint density at radius 2 is 1.57 bits per heavy atom. The predicted octanol–water partition coefficient (Wildman–Crippen LogP) is 9.52. The second-order valence-electron chi connectivity index (χ2n) is 8.56. The molecule has 0 aliphatic heterocycles. The fourth-order valence-electron chi connectivity index (χ4n) is 3.88. The van der Waals surface area contributed by atoms with E-state index in [0.29, 0.717) is 11.8 Å². The fraction of sp³-hybridized carbons (Fsp3) is 0.538. The lowest BCUT2D eigenvalue weighted by atomic mass is 9.77. The number of halogens is 3. The van der Waals surface area contributed by atoms with E-state index in [1.165, 1.54) is 35.5 Å². The Bertz CT molecular complexity index is 760. The number of thioether (sulfide) groups is 1. The van der Waals surface area contributed by atoms with Gasteiger partial charge in [-0.1, -0.05) is 75.2 Å². The molecule has 0 saturated heterocycles. The van der Waals surface area contributed by atoms with E-state index in [2.05, 4.69) is 64.1 Å². The van der Waals surface area contributed by atoms with Gasteiger partial charge in [0.15, 0.2) is 0 Å². The van der Waals surface area contributed by atoms with Crippen molar-refractivity contribution in [3.05, 3.63) is 68.7 Å². The molecule has 2 aromatic carbocycles. The molecule has 0 radical (unpaired) electrons. The van der Waals surface area contributed by atoms with Crippen LogP contribution in [0.25, 0.3) is 0 Å². The molecule has 0 fully saturated rings. The molecule has 0 aliphatic carbocycles. The van der Waals surface area contributed by atoms with Gasteiger partial charge in [-0.05, 0) is 83.9 Å². The van der Waals surface area contributed by atoms with Crippen LogP contribution < -0.4 is 0 Å². The zero-order valence-electron chi connectivity index (χ0n) is 18.7. The lowest BCUT2D eigenvalue weighted by Gasteiger charge is -2.28. The summed E-state index contributed by atoms with van der Waals surface area (Å²) >= 11 is 21.3. The van der Waals surface area contributed by atoms with E-state index in [1.54, 1.807) is 0 Å². The van der Waals surface area contributed by atoms with Gasteiger partial charge in [-0.25, -0.2) is 0 Å². The lowest BCUT2D eigenvalue weighted by Crippen LogP contribution is -2.19. The molecular weight excluding hydrogens is 451 g/mol. The van der Waals surface area contributed by atoms with Crippen molar-refractivity contribution in [2.45, 2.75) is 71.1 Å². The number of unbranched alkanes of at least 4 members (excludes halogenated alkanes) is 1. The summed E-state index contributed by atoms with van der Waals surface area (Å²) < 4.78 is 0. The minimum atomic E-state index is -0.165. The van der Waals surface area contributed by atoms with Crippen molar-refractivity contribution in [3.63, 3.8) is 0 Å². The number of hydrogen-bond donors (Lipinski definition) is 0. The molecule has 1 atom stereocenters. The minimum absolute atomic E-state index is 0.165. The standard InChI is InChI=1S/C26H35Cl3S/c1-5-30-16-7-6-10-20-11-13-21(14-12-20)26(3,4)22-17-23(28)25(24(29)18-22)19(2)9-8-15-27/h11-14,17-19H,5-10,15-16H2,1-4H3. The molecule has 30 heavy (non-hydrogen) atoms. The molecule has 0 aliphatic rings. The summed E-state index contributed by atoms with van der Waals surface area (Å²) in [5.74, 6) is 3.45. The third kappa shape index (κ3) is 7.09. The van der Waals surface area contributed by atoms with Gasteiger partial charge in [-0.3, -0.25) is 0 Å². The zero-order chi connectivity index (χ0) is 22.1.